The molecule has 0 unspecified atom stereocenters. The fourth-order valence-corrected chi connectivity index (χ4v) is 0.872. The molecule has 0 saturated heterocycles. The van der Waals surface area contributed by atoms with E-state index in [-0.39, 0.29) is 17.4 Å². The van der Waals surface area contributed by atoms with Gasteiger partial charge in [-0.05, 0) is 6.07 Å². The minimum absolute atomic E-state index is 0.0796. The number of hydrogen-bond donors (Lipinski definition) is 0. The third-order valence-electron chi connectivity index (χ3n) is 1.09. The maximum atomic E-state index is 12.6. The van der Waals surface area contributed by atoms with Crippen molar-refractivity contribution >= 4 is 11.6 Å². The number of hydrogen-bond acceptors (Lipinski definition) is 1. The summed E-state index contributed by atoms with van der Waals surface area (Å²) in [5, 5.41) is 0.169. The van der Waals surface area contributed by atoms with Crippen LogP contribution in [0.5, 0.6) is 5.75 Å². The van der Waals surface area contributed by atoms with E-state index in [2.05, 4.69) is 12.0 Å². The highest BCUT2D eigenvalue weighted by molar-refractivity contribution is 6.30. The van der Waals surface area contributed by atoms with Gasteiger partial charge in [0, 0.05) is 12.1 Å². The zero-order valence-electron chi connectivity index (χ0n) is 6.10. The molecule has 1 aromatic carbocycles. The third kappa shape index (κ3) is 2.44. The lowest BCUT2D eigenvalue weighted by Crippen LogP contribution is -1.93. The maximum absolute atomic E-state index is 12.6. The first-order valence-corrected chi connectivity index (χ1v) is 3.55. The van der Waals surface area contributed by atoms with Gasteiger partial charge in [0.25, 0.3) is 0 Å². The van der Waals surface area contributed by atoms with Crippen molar-refractivity contribution in [2.45, 2.75) is 0 Å². The Balaban J connectivity index is 2.80. The summed E-state index contributed by atoms with van der Waals surface area (Å²) >= 11 is 5.50. The van der Waals surface area contributed by atoms with Gasteiger partial charge in [-0.2, -0.15) is 0 Å². The van der Waals surface area contributed by atoms with Crippen LogP contribution in [0.4, 0.5) is 4.39 Å². The number of benzene rings is 1. The lowest BCUT2D eigenvalue weighted by atomic mass is 10.3. The Hall–Kier alpha value is -1.20. The molecule has 0 aromatic heterocycles. The molecule has 12 heavy (non-hydrogen) atoms. The molecule has 0 aliphatic rings. The molecular formula is C9H5ClFO. The van der Waals surface area contributed by atoms with Crippen molar-refractivity contribution in [3.05, 3.63) is 29.0 Å². The average molecular weight is 184 g/mol. The largest absolute Gasteiger partial charge is 0.480 e. The van der Waals surface area contributed by atoms with E-state index in [0.717, 1.165) is 6.07 Å². The van der Waals surface area contributed by atoms with Crippen LogP contribution in [0, 0.1) is 24.2 Å². The molecule has 0 spiro atoms. The molecule has 1 radical (unpaired) electrons. The normalized spacial score (nSPS) is 9.08. The van der Waals surface area contributed by atoms with E-state index < -0.39 is 5.82 Å². The van der Waals surface area contributed by atoms with Crippen LogP contribution in [0.3, 0.4) is 0 Å². The van der Waals surface area contributed by atoms with E-state index in [1.54, 1.807) is 0 Å². The Bertz CT molecular complexity index is 297. The first-order valence-electron chi connectivity index (χ1n) is 3.17. The maximum Gasteiger partial charge on any atom is 0.148 e. The summed E-state index contributed by atoms with van der Waals surface area (Å²) in [7, 11) is 0. The summed E-state index contributed by atoms with van der Waals surface area (Å²) in [6.45, 7) is 0.0796. The van der Waals surface area contributed by atoms with Gasteiger partial charge in [0.05, 0.1) is 5.02 Å². The van der Waals surface area contributed by atoms with E-state index >= 15 is 0 Å². The molecule has 1 rings (SSSR count). The first-order chi connectivity index (χ1) is 5.72. The van der Waals surface area contributed by atoms with Gasteiger partial charge in [0.15, 0.2) is 0 Å². The molecule has 0 bridgehead atoms. The number of rotatable bonds is 2. The van der Waals surface area contributed by atoms with Gasteiger partial charge in [-0.25, -0.2) is 4.39 Å². The Morgan fingerprint density at radius 1 is 1.67 bits per heavy atom. The van der Waals surface area contributed by atoms with E-state index in [9.17, 15) is 4.39 Å². The van der Waals surface area contributed by atoms with Crippen molar-refractivity contribution < 1.29 is 9.13 Å². The van der Waals surface area contributed by atoms with Crippen molar-refractivity contribution in [3.8, 4) is 18.1 Å². The number of ether oxygens (including phenoxy) is 1. The van der Waals surface area contributed by atoms with Crippen molar-refractivity contribution in [1.82, 2.24) is 0 Å². The molecular weight excluding hydrogens is 179 g/mol. The monoisotopic (exact) mass is 183 g/mol. The predicted molar refractivity (Wildman–Crippen MR) is 44.6 cm³/mol. The summed E-state index contributed by atoms with van der Waals surface area (Å²) in [6.07, 6.45) is 4.94. The average Bonchev–Trinajstić information content (AvgIpc) is 1.99. The number of halogens is 2. The summed E-state index contributed by atoms with van der Waals surface area (Å²) in [4.78, 5) is 0. The minimum Gasteiger partial charge on any atom is -0.480 e. The topological polar surface area (TPSA) is 9.23 Å². The second kappa shape index (κ2) is 3.99. The van der Waals surface area contributed by atoms with Crippen LogP contribution in [0.25, 0.3) is 0 Å². The molecule has 0 amide bonds. The van der Waals surface area contributed by atoms with Crippen molar-refractivity contribution in [2.75, 3.05) is 6.61 Å². The smallest absolute Gasteiger partial charge is 0.148 e. The standard InChI is InChI=1S/C9H5ClFO/c1-2-3-12-9-5-7(10)4-8(11)6-9/h1,4,6H,3H2. The molecule has 61 valence electrons. The molecule has 0 N–H and O–H groups in total. The van der Waals surface area contributed by atoms with Gasteiger partial charge in [-0.15, -0.1) is 6.42 Å². The quantitative estimate of drug-likeness (QED) is 0.640. The summed E-state index contributed by atoms with van der Waals surface area (Å²) in [5.41, 5.74) is 0. The first kappa shape index (κ1) is 8.89. The molecule has 0 saturated carbocycles. The van der Waals surface area contributed by atoms with Crippen molar-refractivity contribution in [3.63, 3.8) is 0 Å². The fraction of sp³-hybridized carbons (Fsp3) is 0.111. The molecule has 0 aliphatic heterocycles. The van der Waals surface area contributed by atoms with Crippen LogP contribution < -0.4 is 4.74 Å². The third-order valence-corrected chi connectivity index (χ3v) is 1.29. The van der Waals surface area contributed by atoms with Crippen molar-refractivity contribution in [2.24, 2.45) is 0 Å². The van der Waals surface area contributed by atoms with E-state index in [1.807, 2.05) is 0 Å². The summed E-state index contributed by atoms with van der Waals surface area (Å²) in [5.74, 6) is 2.00. The van der Waals surface area contributed by atoms with Gasteiger partial charge in [0.2, 0.25) is 0 Å². The molecule has 3 heteroatoms. The summed E-state index contributed by atoms with van der Waals surface area (Å²) in [6, 6.07) is 4.90. The van der Waals surface area contributed by atoms with Gasteiger partial charge < -0.3 is 4.74 Å². The minimum atomic E-state index is -0.467. The Morgan fingerprint density at radius 3 is 3.00 bits per heavy atom. The van der Waals surface area contributed by atoms with Crippen LogP contribution in [0.2, 0.25) is 5.02 Å². The second-order valence-corrected chi connectivity index (χ2v) is 2.41. The molecule has 1 aromatic rings. The van der Waals surface area contributed by atoms with Gasteiger partial charge >= 0.3 is 0 Å². The zero-order valence-corrected chi connectivity index (χ0v) is 6.86. The molecule has 0 heterocycles. The van der Waals surface area contributed by atoms with Crippen LogP contribution in [-0.2, 0) is 0 Å². The predicted octanol–water partition coefficient (Wildman–Crippen LogP) is 2.29. The molecule has 0 atom stereocenters. The highest BCUT2D eigenvalue weighted by Gasteiger charge is 1.99. The van der Waals surface area contributed by atoms with Gasteiger partial charge in [0.1, 0.15) is 18.2 Å². The van der Waals surface area contributed by atoms with Crippen molar-refractivity contribution in [1.29, 1.82) is 0 Å². The molecule has 0 aliphatic carbocycles. The lowest BCUT2D eigenvalue weighted by Gasteiger charge is -2.01. The highest BCUT2D eigenvalue weighted by Crippen LogP contribution is 2.18. The van der Waals surface area contributed by atoms with Gasteiger partial charge in [-0.1, -0.05) is 17.5 Å². The van der Waals surface area contributed by atoms with E-state index in [4.69, 9.17) is 22.8 Å². The SMILES string of the molecule is C#CCOc1[c]c(Cl)cc(F)c1. The molecule has 0 fully saturated rings. The van der Waals surface area contributed by atoms with Gasteiger partial charge in [-0.3, -0.25) is 0 Å². The Morgan fingerprint density at radius 2 is 2.42 bits per heavy atom. The Kier molecular flexibility index (Phi) is 2.95. The van der Waals surface area contributed by atoms with Crippen LogP contribution in [-0.4, -0.2) is 6.61 Å². The Labute approximate surface area is 75.1 Å². The van der Waals surface area contributed by atoms with E-state index in [1.165, 1.54) is 6.07 Å². The summed E-state index contributed by atoms with van der Waals surface area (Å²) < 4.78 is 17.5. The highest BCUT2D eigenvalue weighted by atomic mass is 35.5. The zero-order chi connectivity index (χ0) is 8.97. The lowest BCUT2D eigenvalue weighted by molar-refractivity contribution is 0.367. The fourth-order valence-electron chi connectivity index (χ4n) is 0.675. The number of terminal acetylenes is 1. The van der Waals surface area contributed by atoms with Crippen LogP contribution in [0.15, 0.2) is 12.1 Å². The van der Waals surface area contributed by atoms with Crippen LogP contribution in [0.1, 0.15) is 0 Å². The molecule has 1 nitrogen and oxygen atoms in total. The van der Waals surface area contributed by atoms with Crippen LogP contribution >= 0.6 is 11.6 Å². The van der Waals surface area contributed by atoms with E-state index in [0.29, 0.717) is 0 Å². The second-order valence-electron chi connectivity index (χ2n) is 2.00.